The molecule has 0 aliphatic heterocycles. The van der Waals surface area contributed by atoms with E-state index in [0.29, 0.717) is 28.5 Å². The molecule has 0 aliphatic carbocycles. The molecule has 0 spiro atoms. The van der Waals surface area contributed by atoms with Gasteiger partial charge in [-0.1, -0.05) is 0 Å². The molecule has 2 N–H and O–H groups in total. The van der Waals surface area contributed by atoms with Crippen molar-refractivity contribution in [2.75, 3.05) is 12.8 Å². The fourth-order valence-corrected chi connectivity index (χ4v) is 1.50. The Labute approximate surface area is 105 Å². The summed E-state index contributed by atoms with van der Waals surface area (Å²) in [5.74, 6) is 1.77. The molecule has 0 heterocycles. The summed E-state index contributed by atoms with van der Waals surface area (Å²) in [6.45, 7) is 0. The van der Waals surface area contributed by atoms with Crippen LogP contribution < -0.4 is 15.2 Å². The number of ether oxygens (including phenoxy) is 2. The lowest BCUT2D eigenvalue weighted by molar-refractivity contribution is 0.379. The quantitative estimate of drug-likeness (QED) is 0.837. The number of nitrogens with two attached hydrogens (primary N) is 1. The van der Waals surface area contributed by atoms with Gasteiger partial charge in [0.1, 0.15) is 5.75 Å². The van der Waals surface area contributed by atoms with Crippen LogP contribution in [-0.2, 0) is 0 Å². The van der Waals surface area contributed by atoms with Crippen molar-refractivity contribution in [2.45, 2.75) is 0 Å². The highest BCUT2D eigenvalue weighted by molar-refractivity contribution is 5.53. The topological polar surface area (TPSA) is 68.3 Å². The van der Waals surface area contributed by atoms with E-state index in [9.17, 15) is 0 Å². The smallest absolute Gasteiger partial charge is 0.171 e. The third-order valence-corrected chi connectivity index (χ3v) is 2.40. The van der Waals surface area contributed by atoms with Gasteiger partial charge >= 0.3 is 0 Å². The normalized spacial score (nSPS) is 9.56. The second-order valence-corrected chi connectivity index (χ2v) is 3.65. The van der Waals surface area contributed by atoms with Gasteiger partial charge in [-0.25, -0.2) is 0 Å². The summed E-state index contributed by atoms with van der Waals surface area (Å²) in [6.07, 6.45) is 0. The average Bonchev–Trinajstić information content (AvgIpc) is 2.40. The Morgan fingerprint density at radius 2 is 1.78 bits per heavy atom. The lowest BCUT2D eigenvalue weighted by Gasteiger charge is -2.10. The molecular weight excluding hydrogens is 228 g/mol. The van der Waals surface area contributed by atoms with Crippen LogP contribution in [0.2, 0.25) is 0 Å². The lowest BCUT2D eigenvalue weighted by Crippen LogP contribution is -1.92. The minimum absolute atomic E-state index is 0.544. The Bertz CT molecular complexity index is 586. The molecule has 0 atom stereocenters. The summed E-state index contributed by atoms with van der Waals surface area (Å²) in [5, 5.41) is 8.71. The van der Waals surface area contributed by atoms with Crippen LogP contribution in [-0.4, -0.2) is 7.11 Å². The molecule has 0 aromatic heterocycles. The van der Waals surface area contributed by atoms with Crippen molar-refractivity contribution in [3.63, 3.8) is 0 Å². The van der Waals surface area contributed by atoms with Crippen molar-refractivity contribution >= 4 is 5.69 Å². The summed E-state index contributed by atoms with van der Waals surface area (Å²) in [5.41, 5.74) is 6.88. The van der Waals surface area contributed by atoms with Crippen molar-refractivity contribution in [1.82, 2.24) is 0 Å². The van der Waals surface area contributed by atoms with Gasteiger partial charge in [0.15, 0.2) is 11.5 Å². The molecule has 4 nitrogen and oxygen atoms in total. The predicted octanol–water partition coefficient (Wildman–Crippen LogP) is 2.94. The third-order valence-electron chi connectivity index (χ3n) is 2.40. The first-order valence-corrected chi connectivity index (χ1v) is 5.34. The summed E-state index contributed by atoms with van der Waals surface area (Å²) >= 11 is 0. The molecule has 0 radical (unpaired) electrons. The molecule has 0 unspecified atom stereocenters. The maximum Gasteiger partial charge on any atom is 0.171 e. The zero-order valence-corrected chi connectivity index (χ0v) is 9.88. The zero-order valence-electron chi connectivity index (χ0n) is 9.88. The van der Waals surface area contributed by atoms with E-state index >= 15 is 0 Å². The van der Waals surface area contributed by atoms with Crippen molar-refractivity contribution < 1.29 is 9.47 Å². The molecule has 18 heavy (non-hydrogen) atoms. The van der Waals surface area contributed by atoms with E-state index in [1.54, 1.807) is 49.6 Å². The summed E-state index contributed by atoms with van der Waals surface area (Å²) in [7, 11) is 1.57. The third kappa shape index (κ3) is 2.53. The number of rotatable bonds is 3. The average molecular weight is 240 g/mol. The van der Waals surface area contributed by atoms with Crippen LogP contribution in [0.5, 0.6) is 17.2 Å². The highest BCUT2D eigenvalue weighted by Gasteiger charge is 2.06. The maximum absolute atomic E-state index is 8.71. The SMILES string of the molecule is COc1ccc(N)cc1Oc1ccc(C#N)cc1. The molecule has 2 aromatic carbocycles. The van der Waals surface area contributed by atoms with Crippen LogP contribution in [0.15, 0.2) is 42.5 Å². The van der Waals surface area contributed by atoms with Crippen molar-refractivity contribution in [3.8, 4) is 23.3 Å². The van der Waals surface area contributed by atoms with Crippen LogP contribution in [0.3, 0.4) is 0 Å². The second-order valence-electron chi connectivity index (χ2n) is 3.65. The Balaban J connectivity index is 2.27. The minimum atomic E-state index is 0.544. The highest BCUT2D eigenvalue weighted by atomic mass is 16.5. The van der Waals surface area contributed by atoms with Gasteiger partial charge in [-0.15, -0.1) is 0 Å². The predicted molar refractivity (Wildman–Crippen MR) is 68.6 cm³/mol. The first kappa shape index (κ1) is 11.8. The number of methoxy groups -OCH3 is 1. The fourth-order valence-electron chi connectivity index (χ4n) is 1.50. The van der Waals surface area contributed by atoms with Gasteiger partial charge in [0.2, 0.25) is 0 Å². The number of benzene rings is 2. The highest BCUT2D eigenvalue weighted by Crippen LogP contribution is 2.33. The number of anilines is 1. The van der Waals surface area contributed by atoms with Gasteiger partial charge in [0, 0.05) is 11.8 Å². The molecule has 4 heteroatoms. The second kappa shape index (κ2) is 5.11. The number of hydrogen-bond donors (Lipinski definition) is 1. The van der Waals surface area contributed by atoms with Gasteiger partial charge in [0.25, 0.3) is 0 Å². The van der Waals surface area contributed by atoms with E-state index < -0.39 is 0 Å². The van der Waals surface area contributed by atoms with Gasteiger partial charge in [-0.2, -0.15) is 5.26 Å². The molecule has 0 fully saturated rings. The molecule has 0 bridgehead atoms. The van der Waals surface area contributed by atoms with Crippen LogP contribution >= 0.6 is 0 Å². The molecule has 0 saturated carbocycles. The number of nitrogen functional groups attached to an aromatic ring is 1. The van der Waals surface area contributed by atoms with Gasteiger partial charge in [-0.05, 0) is 36.4 Å². The van der Waals surface area contributed by atoms with Crippen molar-refractivity contribution in [3.05, 3.63) is 48.0 Å². The molecule has 0 amide bonds. The minimum Gasteiger partial charge on any atom is -0.493 e. The zero-order chi connectivity index (χ0) is 13.0. The molecule has 2 aromatic rings. The molecule has 0 aliphatic rings. The molecule has 90 valence electrons. The summed E-state index contributed by atoms with van der Waals surface area (Å²) in [6, 6.07) is 14.0. The van der Waals surface area contributed by atoms with E-state index in [-0.39, 0.29) is 0 Å². The van der Waals surface area contributed by atoms with E-state index in [0.717, 1.165) is 0 Å². The molecular formula is C14H12N2O2. The van der Waals surface area contributed by atoms with Gasteiger partial charge in [0.05, 0.1) is 18.7 Å². The van der Waals surface area contributed by atoms with E-state index in [4.69, 9.17) is 20.5 Å². The van der Waals surface area contributed by atoms with Crippen molar-refractivity contribution in [1.29, 1.82) is 5.26 Å². The van der Waals surface area contributed by atoms with E-state index in [1.165, 1.54) is 0 Å². The number of nitrogens with zero attached hydrogens (tertiary/aromatic N) is 1. The fraction of sp³-hybridized carbons (Fsp3) is 0.0714. The van der Waals surface area contributed by atoms with Crippen molar-refractivity contribution in [2.24, 2.45) is 0 Å². The van der Waals surface area contributed by atoms with E-state index in [1.807, 2.05) is 6.07 Å². The standard InChI is InChI=1S/C14H12N2O2/c1-17-13-7-4-11(16)8-14(13)18-12-5-2-10(9-15)3-6-12/h2-8H,16H2,1H3. The van der Waals surface area contributed by atoms with Gasteiger partial charge in [-0.3, -0.25) is 0 Å². The van der Waals surface area contributed by atoms with Crippen LogP contribution in [0.4, 0.5) is 5.69 Å². The Morgan fingerprint density at radius 1 is 1.06 bits per heavy atom. The summed E-state index contributed by atoms with van der Waals surface area (Å²) < 4.78 is 10.9. The first-order chi connectivity index (χ1) is 8.72. The summed E-state index contributed by atoms with van der Waals surface area (Å²) in [4.78, 5) is 0. The van der Waals surface area contributed by atoms with Crippen LogP contribution in [0.25, 0.3) is 0 Å². The Morgan fingerprint density at radius 3 is 2.39 bits per heavy atom. The molecule has 0 saturated heterocycles. The number of hydrogen-bond acceptors (Lipinski definition) is 4. The van der Waals surface area contributed by atoms with Crippen LogP contribution in [0.1, 0.15) is 5.56 Å². The largest absolute Gasteiger partial charge is 0.493 e. The van der Waals surface area contributed by atoms with Gasteiger partial charge < -0.3 is 15.2 Å². The van der Waals surface area contributed by atoms with E-state index in [2.05, 4.69) is 0 Å². The lowest BCUT2D eigenvalue weighted by atomic mass is 10.2. The Hall–Kier alpha value is -2.67. The number of nitriles is 1. The molecule has 2 rings (SSSR count). The van der Waals surface area contributed by atoms with Crippen LogP contribution in [0, 0.1) is 11.3 Å². The maximum atomic E-state index is 8.71. The Kier molecular flexibility index (Phi) is 3.35. The first-order valence-electron chi connectivity index (χ1n) is 5.34. The monoisotopic (exact) mass is 240 g/mol.